The minimum atomic E-state index is 0.447. The smallest absolute Gasteiger partial charge is 0.248 e. The molecule has 0 saturated heterocycles. The third-order valence-electron chi connectivity index (χ3n) is 3.07. The van der Waals surface area contributed by atoms with Crippen molar-refractivity contribution < 1.29 is 4.42 Å². The Kier molecular flexibility index (Phi) is 6.73. The highest BCUT2D eigenvalue weighted by Gasteiger charge is 2.11. The Morgan fingerprint density at radius 1 is 1.33 bits per heavy atom. The fourth-order valence-electron chi connectivity index (χ4n) is 1.84. The highest BCUT2D eigenvalue weighted by Crippen LogP contribution is 2.26. The van der Waals surface area contributed by atoms with Crippen molar-refractivity contribution in [1.29, 1.82) is 0 Å². The van der Waals surface area contributed by atoms with E-state index in [1.165, 1.54) is 11.5 Å². The van der Waals surface area contributed by atoms with Gasteiger partial charge in [0, 0.05) is 10.5 Å². The average Bonchev–Trinajstić information content (AvgIpc) is 2.94. The average molecular weight is 370 g/mol. The summed E-state index contributed by atoms with van der Waals surface area (Å²) >= 11 is 5.46. The van der Waals surface area contributed by atoms with Crippen LogP contribution in [0.4, 0.5) is 0 Å². The van der Waals surface area contributed by atoms with Crippen LogP contribution in [0.25, 0.3) is 11.5 Å². The molecule has 1 atom stereocenters. The van der Waals surface area contributed by atoms with Gasteiger partial charge in [-0.2, -0.15) is 11.8 Å². The second-order valence-electron chi connectivity index (χ2n) is 4.75. The maximum absolute atomic E-state index is 5.71. The van der Waals surface area contributed by atoms with Gasteiger partial charge in [-0.25, -0.2) is 0 Å². The molecule has 1 aromatic heterocycles. The van der Waals surface area contributed by atoms with E-state index in [0.717, 1.165) is 16.5 Å². The maximum atomic E-state index is 5.71. The Labute approximate surface area is 138 Å². The van der Waals surface area contributed by atoms with Gasteiger partial charge in [-0.1, -0.05) is 19.1 Å². The third-order valence-corrected chi connectivity index (χ3v) is 4.70. The molecule has 0 radical (unpaired) electrons. The fourth-order valence-corrected chi connectivity index (χ4v) is 3.10. The quantitative estimate of drug-likeness (QED) is 0.709. The molecular formula is C15H20BrN3OS. The molecule has 1 aromatic carbocycles. The van der Waals surface area contributed by atoms with Gasteiger partial charge >= 0.3 is 0 Å². The van der Waals surface area contributed by atoms with E-state index in [1.54, 1.807) is 0 Å². The zero-order valence-electron chi connectivity index (χ0n) is 12.3. The van der Waals surface area contributed by atoms with Gasteiger partial charge in [0.2, 0.25) is 11.8 Å². The highest BCUT2D eigenvalue weighted by atomic mass is 79.9. The number of nitrogens with zero attached hydrogens (tertiary/aromatic N) is 2. The van der Waals surface area contributed by atoms with Crippen molar-refractivity contribution in [3.05, 3.63) is 34.6 Å². The van der Waals surface area contributed by atoms with Crippen molar-refractivity contribution in [2.45, 2.75) is 32.9 Å². The number of halogens is 1. The van der Waals surface area contributed by atoms with E-state index in [1.807, 2.05) is 36.0 Å². The molecule has 1 heterocycles. The summed E-state index contributed by atoms with van der Waals surface area (Å²) in [5.41, 5.74) is 0.920. The molecule has 114 valence electrons. The number of aromatic nitrogens is 2. The normalized spacial score (nSPS) is 12.5. The van der Waals surface area contributed by atoms with Crippen molar-refractivity contribution in [3.63, 3.8) is 0 Å². The zero-order chi connectivity index (χ0) is 15.1. The topological polar surface area (TPSA) is 51.0 Å². The first kappa shape index (κ1) is 16.5. The van der Waals surface area contributed by atoms with Crippen LogP contribution in [-0.4, -0.2) is 27.7 Å². The molecule has 21 heavy (non-hydrogen) atoms. The van der Waals surface area contributed by atoms with Gasteiger partial charge < -0.3 is 9.73 Å². The molecule has 0 fully saturated rings. The molecule has 1 unspecified atom stereocenters. The van der Waals surface area contributed by atoms with Gasteiger partial charge in [0.25, 0.3) is 0 Å². The van der Waals surface area contributed by atoms with Gasteiger partial charge in [-0.3, -0.25) is 0 Å². The fraction of sp³-hybridized carbons (Fsp3) is 0.467. The SMILES string of the molecule is CCSCCC(C)NCc1nnc(-c2ccccc2Br)o1. The molecule has 0 spiro atoms. The first-order valence-corrected chi connectivity index (χ1v) is 9.04. The lowest BCUT2D eigenvalue weighted by molar-refractivity contribution is 0.445. The van der Waals surface area contributed by atoms with Gasteiger partial charge in [0.05, 0.1) is 12.1 Å². The van der Waals surface area contributed by atoms with Crippen LogP contribution in [0.2, 0.25) is 0 Å². The van der Waals surface area contributed by atoms with E-state index in [2.05, 4.69) is 45.3 Å². The Morgan fingerprint density at radius 2 is 2.14 bits per heavy atom. The van der Waals surface area contributed by atoms with E-state index < -0.39 is 0 Å². The predicted octanol–water partition coefficient (Wildman–Crippen LogP) is 4.12. The summed E-state index contributed by atoms with van der Waals surface area (Å²) in [6.07, 6.45) is 1.14. The molecule has 0 aliphatic heterocycles. The molecule has 0 saturated carbocycles. The number of hydrogen-bond acceptors (Lipinski definition) is 5. The van der Waals surface area contributed by atoms with Gasteiger partial charge in [0.15, 0.2) is 0 Å². The number of benzene rings is 1. The summed E-state index contributed by atoms with van der Waals surface area (Å²) in [6.45, 7) is 4.97. The molecule has 2 rings (SSSR count). The molecule has 0 amide bonds. The van der Waals surface area contributed by atoms with Gasteiger partial charge in [-0.15, -0.1) is 10.2 Å². The Hall–Kier alpha value is -0.850. The van der Waals surface area contributed by atoms with E-state index in [9.17, 15) is 0 Å². The summed E-state index contributed by atoms with van der Waals surface area (Å²) in [6, 6.07) is 8.28. The Morgan fingerprint density at radius 3 is 2.90 bits per heavy atom. The second kappa shape index (κ2) is 8.56. The van der Waals surface area contributed by atoms with E-state index >= 15 is 0 Å². The van der Waals surface area contributed by atoms with Crippen LogP contribution >= 0.6 is 27.7 Å². The molecule has 2 aromatic rings. The predicted molar refractivity (Wildman–Crippen MR) is 91.4 cm³/mol. The third kappa shape index (κ3) is 5.13. The molecule has 0 bridgehead atoms. The second-order valence-corrected chi connectivity index (χ2v) is 7.00. The summed E-state index contributed by atoms with van der Waals surface area (Å²) in [4.78, 5) is 0. The number of nitrogens with one attached hydrogen (secondary N) is 1. The monoisotopic (exact) mass is 369 g/mol. The first-order valence-electron chi connectivity index (χ1n) is 7.09. The van der Waals surface area contributed by atoms with Crippen molar-refractivity contribution in [3.8, 4) is 11.5 Å². The molecule has 4 nitrogen and oxygen atoms in total. The first-order chi connectivity index (χ1) is 10.2. The molecule has 0 aliphatic rings. The maximum Gasteiger partial charge on any atom is 0.248 e. The van der Waals surface area contributed by atoms with Crippen LogP contribution < -0.4 is 5.32 Å². The minimum absolute atomic E-state index is 0.447. The summed E-state index contributed by atoms with van der Waals surface area (Å²) < 4.78 is 6.66. The Balaban J connectivity index is 1.88. The minimum Gasteiger partial charge on any atom is -0.419 e. The number of rotatable bonds is 8. The van der Waals surface area contributed by atoms with Crippen molar-refractivity contribution in [1.82, 2.24) is 15.5 Å². The zero-order valence-corrected chi connectivity index (χ0v) is 14.7. The molecule has 0 aliphatic carbocycles. The van der Waals surface area contributed by atoms with Crippen LogP contribution in [0.1, 0.15) is 26.2 Å². The van der Waals surface area contributed by atoms with E-state index in [0.29, 0.717) is 24.4 Å². The lowest BCUT2D eigenvalue weighted by atomic mass is 10.2. The lowest BCUT2D eigenvalue weighted by Crippen LogP contribution is -2.26. The van der Waals surface area contributed by atoms with Crippen LogP contribution in [0.5, 0.6) is 0 Å². The van der Waals surface area contributed by atoms with Crippen LogP contribution in [0.3, 0.4) is 0 Å². The number of hydrogen-bond donors (Lipinski definition) is 1. The van der Waals surface area contributed by atoms with E-state index in [-0.39, 0.29) is 0 Å². The van der Waals surface area contributed by atoms with Gasteiger partial charge in [0.1, 0.15) is 0 Å². The van der Waals surface area contributed by atoms with Gasteiger partial charge in [-0.05, 0) is 52.9 Å². The number of thioether (sulfide) groups is 1. The van der Waals surface area contributed by atoms with Crippen molar-refractivity contribution in [2.75, 3.05) is 11.5 Å². The summed E-state index contributed by atoms with van der Waals surface area (Å²) in [5.74, 6) is 3.52. The van der Waals surface area contributed by atoms with Crippen LogP contribution in [-0.2, 0) is 6.54 Å². The molecule has 1 N–H and O–H groups in total. The van der Waals surface area contributed by atoms with Crippen molar-refractivity contribution in [2.24, 2.45) is 0 Å². The summed E-state index contributed by atoms with van der Waals surface area (Å²) in [5, 5.41) is 11.6. The Bertz CT molecular complexity index is 561. The van der Waals surface area contributed by atoms with Crippen LogP contribution in [0, 0.1) is 0 Å². The van der Waals surface area contributed by atoms with Crippen molar-refractivity contribution >= 4 is 27.7 Å². The van der Waals surface area contributed by atoms with Crippen LogP contribution in [0.15, 0.2) is 33.2 Å². The summed E-state index contributed by atoms with van der Waals surface area (Å²) in [7, 11) is 0. The van der Waals surface area contributed by atoms with E-state index in [4.69, 9.17) is 4.42 Å². The highest BCUT2D eigenvalue weighted by molar-refractivity contribution is 9.10. The molecule has 6 heteroatoms. The standard InChI is InChI=1S/C15H20BrN3OS/c1-3-21-9-8-11(2)17-10-14-18-19-15(20-14)12-6-4-5-7-13(12)16/h4-7,11,17H,3,8-10H2,1-2H3. The molecular weight excluding hydrogens is 350 g/mol. The lowest BCUT2D eigenvalue weighted by Gasteiger charge is -2.11. The largest absolute Gasteiger partial charge is 0.419 e.